The van der Waals surface area contributed by atoms with Gasteiger partial charge in [-0.25, -0.2) is 0 Å². The van der Waals surface area contributed by atoms with E-state index in [1.165, 1.54) is 4.88 Å². The summed E-state index contributed by atoms with van der Waals surface area (Å²) in [7, 11) is 5.29. The van der Waals surface area contributed by atoms with Crippen LogP contribution in [0.2, 0.25) is 0 Å². The van der Waals surface area contributed by atoms with Crippen molar-refractivity contribution < 1.29 is 4.79 Å². The van der Waals surface area contributed by atoms with Gasteiger partial charge in [-0.1, -0.05) is 25.1 Å². The maximum atomic E-state index is 11.9. The molecule has 1 amide bonds. The highest BCUT2D eigenvalue weighted by molar-refractivity contribution is 14.0. The van der Waals surface area contributed by atoms with E-state index in [0.29, 0.717) is 18.0 Å². The largest absolute Gasteiger partial charge is 0.356 e. The average Bonchev–Trinajstić information content (AvgIpc) is 3.14. The zero-order valence-corrected chi connectivity index (χ0v) is 19.5. The fourth-order valence-corrected chi connectivity index (χ4v) is 3.41. The molecule has 0 aliphatic heterocycles. The third kappa shape index (κ3) is 7.88. The molecule has 5 nitrogen and oxygen atoms in total. The number of hydrogen-bond donors (Lipinski definition) is 2. The van der Waals surface area contributed by atoms with Crippen LogP contribution in [-0.2, 0) is 13.0 Å². The third-order valence-electron chi connectivity index (χ3n) is 4.04. The molecule has 1 atom stereocenters. The summed E-state index contributed by atoms with van der Waals surface area (Å²) in [6, 6.07) is 11.9. The zero-order chi connectivity index (χ0) is 18.9. The highest BCUT2D eigenvalue weighted by Gasteiger charge is 2.08. The number of guanidine groups is 1. The zero-order valence-electron chi connectivity index (χ0n) is 16.4. The lowest BCUT2D eigenvalue weighted by molar-refractivity contribution is 0.0827. The van der Waals surface area contributed by atoms with E-state index < -0.39 is 0 Å². The number of carbonyl (C=O) groups is 1. The van der Waals surface area contributed by atoms with Crippen molar-refractivity contribution in [1.82, 2.24) is 15.5 Å². The van der Waals surface area contributed by atoms with Gasteiger partial charge in [0.1, 0.15) is 0 Å². The predicted octanol–water partition coefficient (Wildman–Crippen LogP) is 3.61. The first-order chi connectivity index (χ1) is 12.5. The van der Waals surface area contributed by atoms with Crippen LogP contribution in [-0.4, -0.2) is 44.5 Å². The number of aliphatic imine (C=N–C) groups is 1. The number of nitrogens with one attached hydrogen (secondary N) is 2. The maximum absolute atomic E-state index is 11.9. The number of benzene rings is 1. The van der Waals surface area contributed by atoms with Crippen LogP contribution in [0.1, 0.15) is 27.7 Å². The first-order valence-electron chi connectivity index (χ1n) is 8.77. The standard InChI is InChI=1S/C20H28N4OS.HI/c1-15(12-18-6-5-11-26-18)13-22-20(21-2)23-14-16-7-9-17(10-8-16)19(25)24(3)4;/h5-11,15H,12-14H2,1-4H3,(H2,21,22,23);1H. The molecule has 0 fully saturated rings. The van der Waals surface area contributed by atoms with Crippen LogP contribution in [0.5, 0.6) is 0 Å². The number of amides is 1. The van der Waals surface area contributed by atoms with Gasteiger partial charge in [0.25, 0.3) is 5.91 Å². The molecule has 1 unspecified atom stereocenters. The second-order valence-corrected chi connectivity index (χ2v) is 7.62. The van der Waals surface area contributed by atoms with Crippen LogP contribution < -0.4 is 10.6 Å². The molecule has 0 aliphatic carbocycles. The Morgan fingerprint density at radius 3 is 2.44 bits per heavy atom. The van der Waals surface area contributed by atoms with Gasteiger partial charge in [-0.2, -0.15) is 0 Å². The van der Waals surface area contributed by atoms with Crippen LogP contribution in [0.15, 0.2) is 46.8 Å². The molecule has 7 heteroatoms. The fraction of sp³-hybridized carbons (Fsp3) is 0.400. The Kier molecular flexibility index (Phi) is 10.4. The lowest BCUT2D eigenvalue weighted by Gasteiger charge is -2.16. The summed E-state index contributed by atoms with van der Waals surface area (Å²) in [6.45, 7) is 3.77. The Labute approximate surface area is 183 Å². The molecule has 148 valence electrons. The molecule has 1 aromatic carbocycles. The van der Waals surface area contributed by atoms with Crippen LogP contribution in [0, 0.1) is 5.92 Å². The van der Waals surface area contributed by atoms with E-state index >= 15 is 0 Å². The van der Waals surface area contributed by atoms with Gasteiger partial charge >= 0.3 is 0 Å². The Hall–Kier alpha value is -1.61. The van der Waals surface area contributed by atoms with E-state index in [1.807, 2.05) is 24.3 Å². The number of carbonyl (C=O) groups excluding carboxylic acids is 1. The summed E-state index contributed by atoms with van der Waals surface area (Å²) in [6.07, 6.45) is 1.07. The molecule has 0 saturated carbocycles. The van der Waals surface area contributed by atoms with Crippen molar-refractivity contribution in [2.75, 3.05) is 27.7 Å². The molecule has 1 heterocycles. The number of hydrogen-bond acceptors (Lipinski definition) is 3. The molecule has 27 heavy (non-hydrogen) atoms. The first kappa shape index (κ1) is 23.4. The van der Waals surface area contributed by atoms with E-state index in [9.17, 15) is 4.79 Å². The summed E-state index contributed by atoms with van der Waals surface area (Å²) < 4.78 is 0. The highest BCUT2D eigenvalue weighted by Crippen LogP contribution is 2.13. The molecule has 0 radical (unpaired) electrons. The summed E-state index contributed by atoms with van der Waals surface area (Å²) in [4.78, 5) is 19.2. The van der Waals surface area contributed by atoms with Crippen molar-refractivity contribution >= 4 is 47.2 Å². The molecule has 0 aliphatic rings. The van der Waals surface area contributed by atoms with Gasteiger partial charge in [-0.15, -0.1) is 35.3 Å². The van der Waals surface area contributed by atoms with E-state index in [4.69, 9.17) is 0 Å². The number of halogens is 1. The Morgan fingerprint density at radius 1 is 1.19 bits per heavy atom. The van der Waals surface area contributed by atoms with E-state index in [2.05, 4.69) is 40.1 Å². The van der Waals surface area contributed by atoms with Crippen LogP contribution in [0.4, 0.5) is 0 Å². The Morgan fingerprint density at radius 2 is 1.89 bits per heavy atom. The van der Waals surface area contributed by atoms with Crippen molar-refractivity contribution in [3.05, 3.63) is 57.8 Å². The van der Waals surface area contributed by atoms with Crippen molar-refractivity contribution in [3.8, 4) is 0 Å². The van der Waals surface area contributed by atoms with E-state index in [1.54, 1.807) is 37.4 Å². The van der Waals surface area contributed by atoms with Gasteiger partial charge < -0.3 is 15.5 Å². The predicted molar refractivity (Wildman–Crippen MR) is 125 cm³/mol. The van der Waals surface area contributed by atoms with E-state index in [-0.39, 0.29) is 29.9 Å². The quantitative estimate of drug-likeness (QED) is 0.347. The molecule has 1 aromatic heterocycles. The smallest absolute Gasteiger partial charge is 0.253 e. The number of nitrogens with zero attached hydrogens (tertiary/aromatic N) is 2. The molecular formula is C20H29IN4OS. The lowest BCUT2D eigenvalue weighted by atomic mass is 10.1. The SMILES string of the molecule is CN=C(NCc1ccc(C(=O)N(C)C)cc1)NCC(C)Cc1cccs1.I. The monoisotopic (exact) mass is 500 g/mol. The van der Waals surface area contributed by atoms with E-state index in [0.717, 1.165) is 24.5 Å². The molecule has 0 saturated heterocycles. The second-order valence-electron chi connectivity index (χ2n) is 6.59. The normalized spacial score (nSPS) is 12.1. The van der Waals surface area contributed by atoms with Crippen molar-refractivity contribution in [2.24, 2.45) is 10.9 Å². The van der Waals surface area contributed by atoms with Gasteiger partial charge in [-0.05, 0) is 41.5 Å². The van der Waals surface area contributed by atoms with Gasteiger partial charge in [0.05, 0.1) is 0 Å². The molecule has 2 N–H and O–H groups in total. The second kappa shape index (κ2) is 12.0. The van der Waals surface area contributed by atoms with Gasteiger partial charge in [0, 0.05) is 44.7 Å². The topological polar surface area (TPSA) is 56.7 Å². The van der Waals surface area contributed by atoms with Crippen molar-refractivity contribution in [2.45, 2.75) is 19.9 Å². The van der Waals surface area contributed by atoms with Crippen LogP contribution in [0.25, 0.3) is 0 Å². The summed E-state index contributed by atoms with van der Waals surface area (Å²) in [5.41, 5.74) is 1.80. The summed E-state index contributed by atoms with van der Waals surface area (Å²) in [5, 5.41) is 8.82. The van der Waals surface area contributed by atoms with Crippen LogP contribution in [0.3, 0.4) is 0 Å². The number of thiophene rings is 1. The third-order valence-corrected chi connectivity index (χ3v) is 4.94. The average molecular weight is 500 g/mol. The van der Waals surface area contributed by atoms with Crippen molar-refractivity contribution in [3.63, 3.8) is 0 Å². The highest BCUT2D eigenvalue weighted by atomic mass is 127. The summed E-state index contributed by atoms with van der Waals surface area (Å²) in [5.74, 6) is 1.33. The molecule has 0 spiro atoms. The molecule has 0 bridgehead atoms. The Balaban J connectivity index is 0.00000364. The minimum absolute atomic E-state index is 0. The minimum Gasteiger partial charge on any atom is -0.356 e. The van der Waals surface area contributed by atoms with Crippen molar-refractivity contribution in [1.29, 1.82) is 0 Å². The van der Waals surface area contributed by atoms with Crippen LogP contribution >= 0.6 is 35.3 Å². The lowest BCUT2D eigenvalue weighted by Crippen LogP contribution is -2.39. The Bertz CT molecular complexity index is 714. The van der Waals surface area contributed by atoms with Gasteiger partial charge in [0.15, 0.2) is 5.96 Å². The fourth-order valence-electron chi connectivity index (χ4n) is 2.55. The van der Waals surface area contributed by atoms with Gasteiger partial charge in [-0.3, -0.25) is 9.79 Å². The molecule has 2 rings (SSSR count). The maximum Gasteiger partial charge on any atom is 0.253 e. The first-order valence-corrected chi connectivity index (χ1v) is 9.65. The summed E-state index contributed by atoms with van der Waals surface area (Å²) >= 11 is 1.80. The number of rotatable bonds is 7. The van der Waals surface area contributed by atoms with Gasteiger partial charge in [0.2, 0.25) is 0 Å². The molecular weight excluding hydrogens is 471 g/mol. The molecule has 2 aromatic rings. The minimum atomic E-state index is 0.